The third kappa shape index (κ3) is 10.5. The quantitative estimate of drug-likeness (QED) is 0.0488. The number of hydrogen-bond acceptors (Lipinski definition) is 12. The minimum atomic E-state index is -0.0851. The van der Waals surface area contributed by atoms with Crippen LogP contribution in [0.5, 0.6) is 11.5 Å². The number of nitrogens with zero attached hydrogens (tertiary/aromatic N) is 10. The van der Waals surface area contributed by atoms with Crippen molar-refractivity contribution >= 4 is 69.2 Å². The zero-order valence-electron chi connectivity index (χ0n) is 36.0. The molecule has 6 heterocycles. The highest BCUT2D eigenvalue weighted by Gasteiger charge is 2.29. The van der Waals surface area contributed by atoms with E-state index in [1.165, 1.54) is 0 Å². The van der Waals surface area contributed by atoms with Crippen LogP contribution in [0.25, 0.3) is 11.1 Å². The van der Waals surface area contributed by atoms with E-state index in [4.69, 9.17) is 50.5 Å². The van der Waals surface area contributed by atoms with E-state index in [1.54, 1.807) is 28.2 Å². The van der Waals surface area contributed by atoms with Crippen molar-refractivity contribution in [3.8, 4) is 22.6 Å². The van der Waals surface area contributed by atoms with Gasteiger partial charge in [0.05, 0.1) is 36.3 Å². The Hall–Kier alpha value is -5.97. The standard InChI is InChI=1S/C47H49ClN10O4S2/c1-30-20-32(17-18-33(30)25-58-29-52-43(54-58)39(60)15-6-4-11-34-26-61-40-16-9-19-49-44(40)55(2)46(34)63)36-22-41-45(50-23-36)56(3)47(64)35(27-62-41)12-5-7-14-38(59)42-51-28-57(53-42)24-31-10-8-13-37(48)21-31/h8-10,13,16-23,28-29,34-35H,4-7,11-12,14-15,24-27H2,1-3H3. The molecule has 6 aromatic rings. The fourth-order valence-corrected chi connectivity index (χ4v) is 8.77. The minimum absolute atomic E-state index is 0.0112. The number of thiocarbonyl (C=S) groups is 2. The molecule has 0 radical (unpaired) electrons. The van der Waals surface area contributed by atoms with Crippen molar-refractivity contribution in [3.05, 3.63) is 119 Å². The summed E-state index contributed by atoms with van der Waals surface area (Å²) >= 11 is 17.8. The van der Waals surface area contributed by atoms with Crippen LogP contribution in [0.1, 0.15) is 89.3 Å². The zero-order chi connectivity index (χ0) is 44.7. The lowest BCUT2D eigenvalue weighted by molar-refractivity contribution is 0.0960. The van der Waals surface area contributed by atoms with Crippen LogP contribution in [-0.2, 0) is 13.1 Å². The van der Waals surface area contributed by atoms with Crippen LogP contribution in [0.4, 0.5) is 11.6 Å². The number of halogens is 1. The highest BCUT2D eigenvalue weighted by atomic mass is 35.5. The van der Waals surface area contributed by atoms with Crippen molar-refractivity contribution in [1.29, 1.82) is 0 Å². The van der Waals surface area contributed by atoms with E-state index in [2.05, 4.69) is 50.3 Å². The van der Waals surface area contributed by atoms with Crippen molar-refractivity contribution in [2.75, 3.05) is 37.1 Å². The molecule has 2 aliphatic heterocycles. The summed E-state index contributed by atoms with van der Waals surface area (Å²) in [6.07, 6.45) is 12.1. The highest BCUT2D eigenvalue weighted by molar-refractivity contribution is 7.80. The molecule has 0 saturated heterocycles. The molecule has 2 unspecified atom stereocenters. The van der Waals surface area contributed by atoms with Gasteiger partial charge in [-0.25, -0.2) is 29.3 Å². The first-order chi connectivity index (χ1) is 31.0. The average Bonchev–Trinajstić information content (AvgIpc) is 3.93. The van der Waals surface area contributed by atoms with Gasteiger partial charge in [-0.3, -0.25) is 9.59 Å². The number of hydrogen-bond donors (Lipinski definition) is 0. The maximum atomic E-state index is 13.1. The first kappa shape index (κ1) is 44.6. The third-order valence-electron chi connectivity index (χ3n) is 11.7. The Kier molecular flexibility index (Phi) is 14.1. The molecule has 64 heavy (non-hydrogen) atoms. The molecule has 17 heteroatoms. The summed E-state index contributed by atoms with van der Waals surface area (Å²) in [5.41, 5.74) is 5.03. The molecule has 2 atom stereocenters. The Morgan fingerprint density at radius 1 is 0.703 bits per heavy atom. The fraction of sp³-hybridized carbons (Fsp3) is 0.362. The Balaban J connectivity index is 0.793. The van der Waals surface area contributed by atoms with Crippen LogP contribution >= 0.6 is 36.0 Å². The van der Waals surface area contributed by atoms with E-state index in [1.807, 2.05) is 72.6 Å². The van der Waals surface area contributed by atoms with Gasteiger partial charge in [0.25, 0.3) is 0 Å². The molecule has 14 nitrogen and oxygen atoms in total. The maximum Gasteiger partial charge on any atom is 0.217 e. The van der Waals surface area contributed by atoms with Gasteiger partial charge in [0.1, 0.15) is 12.7 Å². The molecule has 0 spiro atoms. The molecule has 2 aliphatic rings. The number of benzene rings is 2. The lowest BCUT2D eigenvalue weighted by Gasteiger charge is -2.22. The summed E-state index contributed by atoms with van der Waals surface area (Å²) in [5.74, 6) is 3.13. The first-order valence-corrected chi connectivity index (χ1v) is 22.7. The van der Waals surface area contributed by atoms with Crippen LogP contribution in [0.2, 0.25) is 5.02 Å². The predicted molar refractivity (Wildman–Crippen MR) is 254 cm³/mol. The number of ether oxygens (including phenoxy) is 2. The van der Waals surface area contributed by atoms with E-state index >= 15 is 0 Å². The average molecular weight is 918 g/mol. The third-order valence-corrected chi connectivity index (χ3v) is 13.1. The number of rotatable bonds is 17. The second-order valence-electron chi connectivity index (χ2n) is 16.3. The SMILES string of the molecule is Cc1cc(-c2cnc3c(c2)OCC(CCCCC(=O)c2ncn(Cc4cccc(Cl)c4)n2)C(=S)N3C)ccc1Cn1cnc(C(=O)CCCCC2COc3cccnc3N(C)C2=S)n1. The molecule has 2 aromatic carbocycles. The van der Waals surface area contributed by atoms with Crippen molar-refractivity contribution in [3.63, 3.8) is 0 Å². The number of aromatic nitrogens is 8. The van der Waals surface area contributed by atoms with Gasteiger partial charge in [0, 0.05) is 61.8 Å². The number of pyridine rings is 2. The largest absolute Gasteiger partial charge is 0.489 e. The molecule has 0 fully saturated rings. The number of unbranched alkanes of at least 4 members (excludes halogenated alkanes) is 2. The number of fused-ring (bicyclic) bond motifs is 2. The number of aryl methyl sites for hydroxylation is 1. The molecular weight excluding hydrogens is 868 g/mol. The Labute approximate surface area is 388 Å². The van der Waals surface area contributed by atoms with Gasteiger partial charge < -0.3 is 19.3 Å². The van der Waals surface area contributed by atoms with Gasteiger partial charge in [-0.15, -0.1) is 10.2 Å². The van der Waals surface area contributed by atoms with Crippen LogP contribution in [0, 0.1) is 18.8 Å². The highest BCUT2D eigenvalue weighted by Crippen LogP contribution is 2.36. The molecule has 4 aromatic heterocycles. The minimum Gasteiger partial charge on any atom is -0.489 e. The van der Waals surface area contributed by atoms with Gasteiger partial charge in [0.2, 0.25) is 23.2 Å². The second-order valence-corrected chi connectivity index (χ2v) is 17.6. The van der Waals surface area contributed by atoms with E-state index in [-0.39, 0.29) is 35.1 Å². The summed E-state index contributed by atoms with van der Waals surface area (Å²) < 4.78 is 15.7. The molecule has 8 rings (SSSR count). The van der Waals surface area contributed by atoms with E-state index in [9.17, 15) is 9.59 Å². The van der Waals surface area contributed by atoms with Gasteiger partial charge in [-0.05, 0) is 85.2 Å². The van der Waals surface area contributed by atoms with Gasteiger partial charge in [-0.1, -0.05) is 79.2 Å². The molecule has 0 amide bonds. The Morgan fingerprint density at radius 2 is 1.33 bits per heavy atom. The van der Waals surface area contributed by atoms with Gasteiger partial charge in [-0.2, -0.15) is 0 Å². The first-order valence-electron chi connectivity index (χ1n) is 21.5. The second kappa shape index (κ2) is 20.2. The van der Waals surface area contributed by atoms with Crippen LogP contribution in [0.15, 0.2) is 85.7 Å². The van der Waals surface area contributed by atoms with E-state index in [0.717, 1.165) is 75.0 Å². The molecule has 0 aliphatic carbocycles. The van der Waals surface area contributed by atoms with Gasteiger partial charge >= 0.3 is 0 Å². The molecule has 330 valence electrons. The number of carbonyl (C=O) groups excluding carboxylic acids is 2. The van der Waals surface area contributed by atoms with Crippen molar-refractivity contribution in [1.82, 2.24) is 39.5 Å². The Morgan fingerprint density at radius 3 is 1.97 bits per heavy atom. The molecular formula is C47H49ClN10O4S2. The fourth-order valence-electron chi connectivity index (χ4n) is 8.02. The Bertz CT molecular complexity index is 2690. The number of Topliss-reactive ketones (excluding diaryl/α,β-unsaturated/α-hetero) is 2. The summed E-state index contributed by atoms with van der Waals surface area (Å²) in [6.45, 7) is 3.93. The summed E-state index contributed by atoms with van der Waals surface area (Å²) in [4.78, 5) is 49.2. The number of ketones is 2. The molecule has 0 saturated carbocycles. The summed E-state index contributed by atoms with van der Waals surface area (Å²) in [6, 6.07) is 19.5. The summed E-state index contributed by atoms with van der Waals surface area (Å²) in [5, 5.41) is 9.56. The summed E-state index contributed by atoms with van der Waals surface area (Å²) in [7, 11) is 3.85. The predicted octanol–water partition coefficient (Wildman–Crippen LogP) is 8.82. The maximum absolute atomic E-state index is 13.1. The van der Waals surface area contributed by atoms with E-state index in [0.29, 0.717) is 68.6 Å². The number of carbonyl (C=O) groups is 2. The van der Waals surface area contributed by atoms with Crippen LogP contribution in [0.3, 0.4) is 0 Å². The van der Waals surface area contributed by atoms with Crippen LogP contribution < -0.4 is 19.3 Å². The monoisotopic (exact) mass is 916 g/mol. The van der Waals surface area contributed by atoms with E-state index < -0.39 is 0 Å². The topological polar surface area (TPSA) is 146 Å². The molecule has 0 N–H and O–H groups in total. The van der Waals surface area contributed by atoms with Crippen molar-refractivity contribution in [2.24, 2.45) is 11.8 Å². The number of anilines is 2. The van der Waals surface area contributed by atoms with Crippen LogP contribution in [-0.4, -0.2) is 88.3 Å². The zero-order valence-corrected chi connectivity index (χ0v) is 38.4. The normalized spacial score (nSPS) is 16.1. The molecule has 0 bridgehead atoms. The van der Waals surface area contributed by atoms with Crippen molar-refractivity contribution < 1.29 is 19.1 Å². The van der Waals surface area contributed by atoms with Gasteiger partial charge in [0.15, 0.2) is 23.1 Å². The lowest BCUT2D eigenvalue weighted by atomic mass is 10.0. The van der Waals surface area contributed by atoms with Crippen molar-refractivity contribution in [2.45, 2.75) is 71.4 Å². The lowest BCUT2D eigenvalue weighted by Crippen LogP contribution is -2.32. The smallest absolute Gasteiger partial charge is 0.217 e.